The van der Waals surface area contributed by atoms with Crippen molar-refractivity contribution in [2.45, 2.75) is 77.6 Å². The monoisotopic (exact) mass is 605 g/mol. The van der Waals surface area contributed by atoms with Crippen LogP contribution in [-0.4, -0.2) is 25.3 Å². The van der Waals surface area contributed by atoms with Crippen molar-refractivity contribution >= 4 is 27.4 Å². The summed E-state index contributed by atoms with van der Waals surface area (Å²) in [4.78, 5) is 2.29. The molecule has 0 fully saturated rings. The molecule has 1 aliphatic carbocycles. The second-order valence-corrected chi connectivity index (χ2v) is 14.5. The Morgan fingerprint density at radius 3 is 2.48 bits per heavy atom. The number of unbranched alkanes of at least 4 members (excludes halogenated alkanes) is 1. The van der Waals surface area contributed by atoms with Gasteiger partial charge in [-0.15, -0.1) is 0 Å². The first-order valence-corrected chi connectivity index (χ1v) is 16.8. The molecule has 0 aromatic heterocycles. The smallest absolute Gasteiger partial charge is 0.264 e. The molecule has 0 saturated heterocycles. The molecule has 0 spiro atoms. The average Bonchev–Trinajstić information content (AvgIpc) is 3.14. The molecule has 6 heteroatoms. The van der Waals surface area contributed by atoms with Gasteiger partial charge >= 0.3 is 0 Å². The van der Waals surface area contributed by atoms with E-state index in [2.05, 4.69) is 113 Å². The van der Waals surface area contributed by atoms with Crippen LogP contribution in [-0.2, 0) is 20.9 Å². The maximum Gasteiger partial charge on any atom is 0.264 e. The molecule has 224 valence electrons. The lowest BCUT2D eigenvalue weighted by atomic mass is 9.76. The van der Waals surface area contributed by atoms with E-state index in [0.717, 1.165) is 52.4 Å². The third kappa shape index (κ3) is 7.02. The topological polar surface area (TPSA) is 57.6 Å². The van der Waals surface area contributed by atoms with Gasteiger partial charge in [0.15, 0.2) is 0 Å². The van der Waals surface area contributed by atoms with Crippen LogP contribution in [0.1, 0.15) is 76.5 Å². The molecule has 4 rings (SSSR count). The van der Waals surface area contributed by atoms with Crippen molar-refractivity contribution in [2.75, 3.05) is 17.2 Å². The molecule has 4 nitrogen and oxygen atoms in total. The number of allylic oxidation sites excluding steroid dienone is 9. The molecule has 1 N–H and O–H groups in total. The van der Waals surface area contributed by atoms with Crippen LogP contribution in [0.4, 0.5) is 5.69 Å². The number of rotatable bonds is 10. The van der Waals surface area contributed by atoms with Crippen LogP contribution in [0.25, 0.3) is 0 Å². The molecule has 0 amide bonds. The Balaban J connectivity index is 1.60. The summed E-state index contributed by atoms with van der Waals surface area (Å²) in [6, 6.07) is 16.9. The van der Waals surface area contributed by atoms with Crippen molar-refractivity contribution in [2.24, 2.45) is 0 Å². The van der Waals surface area contributed by atoms with Gasteiger partial charge in [-0.3, -0.25) is 4.55 Å². The second kappa shape index (κ2) is 12.8. The second-order valence-electron chi connectivity index (χ2n) is 12.5. The summed E-state index contributed by atoms with van der Waals surface area (Å²) >= 11 is 7.02. The number of halogens is 1. The van der Waals surface area contributed by atoms with Crippen molar-refractivity contribution in [3.05, 3.63) is 124 Å². The molecule has 0 atom stereocenters. The first-order chi connectivity index (χ1) is 19.7. The van der Waals surface area contributed by atoms with Crippen LogP contribution in [0.3, 0.4) is 0 Å². The summed E-state index contributed by atoms with van der Waals surface area (Å²) in [6.45, 7) is 16.1. The van der Waals surface area contributed by atoms with Gasteiger partial charge in [0.25, 0.3) is 10.1 Å². The number of benzene rings is 2. The highest BCUT2D eigenvalue weighted by Gasteiger charge is 2.39. The van der Waals surface area contributed by atoms with Crippen LogP contribution in [0.2, 0.25) is 0 Å². The Morgan fingerprint density at radius 2 is 1.76 bits per heavy atom. The summed E-state index contributed by atoms with van der Waals surface area (Å²) in [7, 11) is -3.96. The zero-order valence-corrected chi connectivity index (χ0v) is 27.2. The Hall–Kier alpha value is -2.86. The van der Waals surface area contributed by atoms with E-state index >= 15 is 0 Å². The van der Waals surface area contributed by atoms with Gasteiger partial charge in [-0.2, -0.15) is 8.42 Å². The minimum Gasteiger partial charge on any atom is -0.344 e. The number of nitrogens with zero attached hydrogens (tertiary/aromatic N) is 1. The molecule has 0 saturated carbocycles. The number of hydrogen-bond acceptors (Lipinski definition) is 3. The number of anilines is 1. The molecule has 2 aromatic carbocycles. The van der Waals surface area contributed by atoms with Gasteiger partial charge in [-0.05, 0) is 84.6 Å². The van der Waals surface area contributed by atoms with Gasteiger partial charge < -0.3 is 4.90 Å². The lowest BCUT2D eigenvalue weighted by molar-refractivity contribution is 0.480. The normalized spacial score (nSPS) is 19.3. The van der Waals surface area contributed by atoms with Gasteiger partial charge in [-0.25, -0.2) is 0 Å². The van der Waals surface area contributed by atoms with Gasteiger partial charge in [-0.1, -0.05) is 107 Å². The molecule has 0 unspecified atom stereocenters. The molecule has 42 heavy (non-hydrogen) atoms. The van der Waals surface area contributed by atoms with Crippen LogP contribution in [0, 0.1) is 6.92 Å². The number of para-hydroxylation sites is 1. The zero-order valence-electron chi connectivity index (χ0n) is 25.6. The van der Waals surface area contributed by atoms with Crippen LogP contribution >= 0.6 is 11.6 Å². The van der Waals surface area contributed by atoms with E-state index in [-0.39, 0.29) is 16.6 Å². The molecule has 1 heterocycles. The van der Waals surface area contributed by atoms with E-state index < -0.39 is 10.1 Å². The third-order valence-electron chi connectivity index (χ3n) is 8.84. The first kappa shape index (κ1) is 32.1. The highest BCUT2D eigenvalue weighted by Crippen LogP contribution is 2.48. The number of fused-ring (bicyclic) bond motifs is 1. The van der Waals surface area contributed by atoms with Crippen molar-refractivity contribution in [3.8, 4) is 0 Å². The van der Waals surface area contributed by atoms with Crippen LogP contribution in [0.15, 0.2) is 107 Å². The fourth-order valence-corrected chi connectivity index (χ4v) is 7.06. The van der Waals surface area contributed by atoms with Crippen LogP contribution < -0.4 is 4.90 Å². The highest BCUT2D eigenvalue weighted by atomic mass is 35.5. The Kier molecular flexibility index (Phi) is 9.76. The molecular weight excluding hydrogens is 562 g/mol. The third-order valence-corrected chi connectivity index (χ3v) is 10.1. The maximum atomic E-state index is 11.2. The molecule has 2 aromatic rings. The fraction of sp³-hybridized carbons (Fsp3) is 0.389. The summed E-state index contributed by atoms with van der Waals surface area (Å²) in [5.74, 6) is -0.222. The Labute approximate surface area is 257 Å². The highest BCUT2D eigenvalue weighted by molar-refractivity contribution is 7.85. The molecule has 0 bridgehead atoms. The van der Waals surface area contributed by atoms with E-state index in [1.54, 1.807) is 0 Å². The number of aryl methyl sites for hydroxylation is 1. The lowest BCUT2D eigenvalue weighted by Crippen LogP contribution is -2.27. The van der Waals surface area contributed by atoms with E-state index in [0.29, 0.717) is 19.4 Å². The SMILES string of the molecule is C=C(/C=C/C1=C(Cl)C(=C/C=C2\N(CCCCS(=O)(=O)O)c3ccccc3C2(C)C)/CCC1)C(C)(C)c1ccccc1C. The van der Waals surface area contributed by atoms with Crippen molar-refractivity contribution in [1.82, 2.24) is 0 Å². The van der Waals surface area contributed by atoms with E-state index in [9.17, 15) is 8.42 Å². The van der Waals surface area contributed by atoms with E-state index in [1.807, 2.05) is 6.07 Å². The standard InChI is InChI=1S/C36H44ClNO3S/c1-26-14-7-8-17-30(26)35(3,4)27(2)20-21-28-15-13-16-29(34(28)37)22-23-33-36(5,6)31-18-9-10-19-32(31)38(33)24-11-12-25-42(39,40)41/h7-10,14,17-23H,2,11-13,15-16,24-25H2,1,3-6H3,(H,39,40,41)/b21-20+,29-22+,33-23-. The van der Waals surface area contributed by atoms with Gasteiger partial charge in [0.2, 0.25) is 0 Å². The van der Waals surface area contributed by atoms with Crippen molar-refractivity contribution in [1.29, 1.82) is 0 Å². The predicted octanol–water partition coefficient (Wildman–Crippen LogP) is 9.34. The largest absolute Gasteiger partial charge is 0.344 e. The Morgan fingerprint density at radius 1 is 1.07 bits per heavy atom. The fourth-order valence-electron chi connectivity index (χ4n) is 6.18. The van der Waals surface area contributed by atoms with Crippen molar-refractivity contribution in [3.63, 3.8) is 0 Å². The quantitative estimate of drug-likeness (QED) is 0.166. The molecule has 0 radical (unpaired) electrons. The van der Waals surface area contributed by atoms with Gasteiger partial charge in [0.05, 0.1) is 5.75 Å². The molecular formula is C36H44ClNO3S. The molecule has 2 aliphatic rings. The zero-order chi connectivity index (χ0) is 30.7. The predicted molar refractivity (Wildman–Crippen MR) is 178 cm³/mol. The summed E-state index contributed by atoms with van der Waals surface area (Å²) in [6.07, 6.45) is 12.5. The number of hydrogen-bond donors (Lipinski definition) is 1. The van der Waals surface area contributed by atoms with E-state index in [4.69, 9.17) is 16.2 Å². The Bertz CT molecular complexity index is 1570. The molecule has 1 aliphatic heterocycles. The van der Waals surface area contributed by atoms with Gasteiger partial charge in [0, 0.05) is 33.8 Å². The first-order valence-electron chi connectivity index (χ1n) is 14.8. The van der Waals surface area contributed by atoms with E-state index in [1.165, 1.54) is 16.7 Å². The maximum absolute atomic E-state index is 11.2. The minimum absolute atomic E-state index is 0.194. The summed E-state index contributed by atoms with van der Waals surface area (Å²) < 4.78 is 31.6. The van der Waals surface area contributed by atoms with Crippen molar-refractivity contribution < 1.29 is 13.0 Å². The summed E-state index contributed by atoms with van der Waals surface area (Å²) in [5.41, 5.74) is 8.96. The average molecular weight is 606 g/mol. The lowest BCUT2D eigenvalue weighted by Gasteiger charge is -2.28. The minimum atomic E-state index is -3.96. The van der Waals surface area contributed by atoms with Gasteiger partial charge in [0.1, 0.15) is 0 Å². The summed E-state index contributed by atoms with van der Waals surface area (Å²) in [5, 5.41) is 0.809. The van der Waals surface area contributed by atoms with Crippen LogP contribution in [0.5, 0.6) is 0 Å².